The Labute approximate surface area is 139 Å². The van der Waals surface area contributed by atoms with Crippen LogP contribution in [0.4, 0.5) is 4.39 Å². The zero-order valence-corrected chi connectivity index (χ0v) is 13.2. The van der Waals surface area contributed by atoms with E-state index in [1.165, 1.54) is 12.1 Å². The summed E-state index contributed by atoms with van der Waals surface area (Å²) in [6.45, 7) is 1.92. The van der Waals surface area contributed by atoms with Gasteiger partial charge in [-0.1, -0.05) is 43.3 Å². The molecule has 3 rings (SSSR count). The molecule has 0 aliphatic heterocycles. The van der Waals surface area contributed by atoms with E-state index in [0.717, 1.165) is 16.5 Å². The van der Waals surface area contributed by atoms with Crippen molar-refractivity contribution in [3.8, 4) is 0 Å². The number of pyridine rings is 1. The van der Waals surface area contributed by atoms with Gasteiger partial charge in [0.1, 0.15) is 11.5 Å². The number of para-hydroxylation sites is 1. The second-order valence-corrected chi connectivity index (χ2v) is 5.25. The molecule has 4 nitrogen and oxygen atoms in total. The van der Waals surface area contributed by atoms with E-state index in [1.807, 2.05) is 37.3 Å². The van der Waals surface area contributed by atoms with E-state index in [0.29, 0.717) is 17.8 Å². The number of fused-ring (bicyclic) bond motifs is 1. The number of nitrogens with one attached hydrogen (secondary N) is 1. The zero-order chi connectivity index (χ0) is 16.9. The molecule has 0 spiro atoms. The molecule has 0 atom stereocenters. The number of hydrogen-bond acceptors (Lipinski definition) is 3. The van der Waals surface area contributed by atoms with Gasteiger partial charge in [-0.2, -0.15) is 5.10 Å². The van der Waals surface area contributed by atoms with Crippen molar-refractivity contribution in [2.24, 2.45) is 5.10 Å². The quantitative estimate of drug-likeness (QED) is 0.585. The Morgan fingerprint density at radius 2 is 1.83 bits per heavy atom. The largest absolute Gasteiger partial charge is 0.289 e. The fraction of sp³-hybridized carbons (Fsp3) is 0.105. The molecule has 0 bridgehead atoms. The molecule has 3 aromatic rings. The van der Waals surface area contributed by atoms with E-state index < -0.39 is 0 Å². The summed E-state index contributed by atoms with van der Waals surface area (Å²) in [6.07, 6.45) is 0.608. The SMILES string of the molecule is CC/C(=N\NC(=O)c1ccc2ccccc2n1)c1ccc(F)cc1. The minimum absolute atomic E-state index is 0.298. The fourth-order valence-corrected chi connectivity index (χ4v) is 2.36. The molecular formula is C19H16FN3O. The number of rotatable bonds is 4. The van der Waals surface area contributed by atoms with Crippen molar-refractivity contribution in [1.29, 1.82) is 0 Å². The Hall–Kier alpha value is -3.08. The Balaban J connectivity index is 1.80. The maximum atomic E-state index is 13.0. The Bertz CT molecular complexity index is 904. The van der Waals surface area contributed by atoms with Crippen molar-refractivity contribution in [1.82, 2.24) is 10.4 Å². The van der Waals surface area contributed by atoms with Crippen LogP contribution in [0.5, 0.6) is 0 Å². The van der Waals surface area contributed by atoms with E-state index in [9.17, 15) is 9.18 Å². The van der Waals surface area contributed by atoms with Gasteiger partial charge in [0.2, 0.25) is 0 Å². The van der Waals surface area contributed by atoms with Gasteiger partial charge in [-0.3, -0.25) is 4.79 Å². The van der Waals surface area contributed by atoms with Crippen LogP contribution >= 0.6 is 0 Å². The van der Waals surface area contributed by atoms with Crippen LogP contribution in [0.2, 0.25) is 0 Å². The molecule has 1 amide bonds. The van der Waals surface area contributed by atoms with E-state index in [-0.39, 0.29) is 11.7 Å². The van der Waals surface area contributed by atoms with E-state index in [4.69, 9.17) is 0 Å². The van der Waals surface area contributed by atoms with Crippen molar-refractivity contribution in [2.45, 2.75) is 13.3 Å². The van der Waals surface area contributed by atoms with Crippen LogP contribution in [0.3, 0.4) is 0 Å². The van der Waals surface area contributed by atoms with Crippen molar-refractivity contribution < 1.29 is 9.18 Å². The van der Waals surface area contributed by atoms with Crippen LogP contribution in [-0.2, 0) is 0 Å². The number of hydrogen-bond donors (Lipinski definition) is 1. The zero-order valence-electron chi connectivity index (χ0n) is 13.2. The maximum Gasteiger partial charge on any atom is 0.289 e. The molecule has 0 saturated carbocycles. The van der Waals surface area contributed by atoms with Crippen molar-refractivity contribution in [3.05, 3.63) is 77.7 Å². The van der Waals surface area contributed by atoms with Crippen LogP contribution in [0, 0.1) is 5.82 Å². The van der Waals surface area contributed by atoms with Crippen LogP contribution in [0.15, 0.2) is 65.8 Å². The summed E-state index contributed by atoms with van der Waals surface area (Å²) in [5.74, 6) is -0.688. The minimum Gasteiger partial charge on any atom is -0.266 e. The Morgan fingerprint density at radius 1 is 1.08 bits per heavy atom. The first-order chi connectivity index (χ1) is 11.7. The lowest BCUT2D eigenvalue weighted by atomic mass is 10.1. The third kappa shape index (κ3) is 3.46. The van der Waals surface area contributed by atoms with Crippen LogP contribution < -0.4 is 5.43 Å². The molecule has 2 aromatic carbocycles. The number of halogens is 1. The summed E-state index contributed by atoms with van der Waals surface area (Å²) in [5.41, 5.74) is 5.01. The predicted octanol–water partition coefficient (Wildman–Crippen LogP) is 3.92. The second-order valence-electron chi connectivity index (χ2n) is 5.25. The molecule has 120 valence electrons. The van der Waals surface area contributed by atoms with Crippen molar-refractivity contribution in [2.75, 3.05) is 0 Å². The van der Waals surface area contributed by atoms with Gasteiger partial charge >= 0.3 is 0 Å². The average Bonchev–Trinajstić information content (AvgIpc) is 2.63. The lowest BCUT2D eigenvalue weighted by molar-refractivity contribution is 0.0950. The number of amides is 1. The third-order valence-corrected chi connectivity index (χ3v) is 3.64. The number of nitrogens with zero attached hydrogens (tertiary/aromatic N) is 2. The molecule has 0 aliphatic rings. The average molecular weight is 321 g/mol. The molecule has 5 heteroatoms. The normalized spacial score (nSPS) is 11.5. The Kier molecular flexibility index (Phi) is 4.61. The summed E-state index contributed by atoms with van der Waals surface area (Å²) in [6, 6.07) is 17.1. The number of carbonyl (C=O) groups excluding carboxylic acids is 1. The summed E-state index contributed by atoms with van der Waals surface area (Å²) in [7, 11) is 0. The standard InChI is InChI=1S/C19H16FN3O/c1-2-16(14-7-10-15(20)11-8-14)22-23-19(24)18-12-9-13-5-3-4-6-17(13)21-18/h3-12H,2H2,1H3,(H,23,24)/b22-16+. The number of benzene rings is 2. The van der Waals surface area contributed by atoms with Gasteiger partial charge in [0.05, 0.1) is 11.2 Å². The molecule has 0 aliphatic carbocycles. The fourth-order valence-electron chi connectivity index (χ4n) is 2.36. The minimum atomic E-state index is -0.381. The van der Waals surface area contributed by atoms with Crippen LogP contribution in [-0.4, -0.2) is 16.6 Å². The molecule has 1 heterocycles. The van der Waals surface area contributed by atoms with Gasteiger partial charge in [-0.05, 0) is 36.2 Å². The summed E-state index contributed by atoms with van der Waals surface area (Å²) in [5, 5.41) is 5.12. The maximum absolute atomic E-state index is 13.0. The second kappa shape index (κ2) is 7.00. The molecule has 1 aromatic heterocycles. The van der Waals surface area contributed by atoms with E-state index in [2.05, 4.69) is 15.5 Å². The lowest BCUT2D eigenvalue weighted by Crippen LogP contribution is -2.21. The third-order valence-electron chi connectivity index (χ3n) is 3.64. The van der Waals surface area contributed by atoms with E-state index >= 15 is 0 Å². The van der Waals surface area contributed by atoms with Crippen molar-refractivity contribution in [3.63, 3.8) is 0 Å². The van der Waals surface area contributed by atoms with Gasteiger partial charge in [0.25, 0.3) is 5.91 Å². The topological polar surface area (TPSA) is 54.4 Å². The van der Waals surface area contributed by atoms with Gasteiger partial charge in [0, 0.05) is 5.39 Å². The number of aromatic nitrogens is 1. The molecule has 24 heavy (non-hydrogen) atoms. The van der Waals surface area contributed by atoms with Crippen LogP contribution in [0.25, 0.3) is 10.9 Å². The van der Waals surface area contributed by atoms with Gasteiger partial charge < -0.3 is 0 Å². The van der Waals surface area contributed by atoms with Crippen LogP contribution in [0.1, 0.15) is 29.4 Å². The molecule has 1 N–H and O–H groups in total. The Morgan fingerprint density at radius 3 is 2.58 bits per heavy atom. The van der Waals surface area contributed by atoms with Crippen molar-refractivity contribution >= 4 is 22.5 Å². The van der Waals surface area contributed by atoms with Gasteiger partial charge in [-0.25, -0.2) is 14.8 Å². The first kappa shape index (κ1) is 15.8. The highest BCUT2D eigenvalue weighted by atomic mass is 19.1. The summed E-state index contributed by atoms with van der Waals surface area (Å²) < 4.78 is 13.0. The predicted molar refractivity (Wildman–Crippen MR) is 92.4 cm³/mol. The molecule has 0 saturated heterocycles. The van der Waals surface area contributed by atoms with Gasteiger partial charge in [0.15, 0.2) is 0 Å². The molecule has 0 unspecified atom stereocenters. The lowest BCUT2D eigenvalue weighted by Gasteiger charge is -2.06. The molecule has 0 radical (unpaired) electrons. The molecular weight excluding hydrogens is 305 g/mol. The first-order valence-corrected chi connectivity index (χ1v) is 7.66. The highest BCUT2D eigenvalue weighted by Gasteiger charge is 2.08. The number of hydrazone groups is 1. The first-order valence-electron chi connectivity index (χ1n) is 7.66. The highest BCUT2D eigenvalue weighted by Crippen LogP contribution is 2.12. The monoisotopic (exact) mass is 321 g/mol. The highest BCUT2D eigenvalue weighted by molar-refractivity contribution is 6.02. The molecule has 0 fully saturated rings. The summed E-state index contributed by atoms with van der Waals surface area (Å²) >= 11 is 0. The van der Waals surface area contributed by atoms with E-state index in [1.54, 1.807) is 18.2 Å². The number of carbonyl (C=O) groups is 1. The smallest absolute Gasteiger partial charge is 0.266 e. The van der Waals surface area contributed by atoms with Gasteiger partial charge in [-0.15, -0.1) is 0 Å². The summed E-state index contributed by atoms with van der Waals surface area (Å²) in [4.78, 5) is 16.6.